The molecule has 0 saturated heterocycles. The van der Waals surface area contributed by atoms with Crippen molar-refractivity contribution in [3.63, 3.8) is 0 Å². The third kappa shape index (κ3) is 2.45. The van der Waals surface area contributed by atoms with E-state index in [1.807, 2.05) is 0 Å². The van der Waals surface area contributed by atoms with E-state index < -0.39 is 10.9 Å². The second-order valence-corrected chi connectivity index (χ2v) is 4.57. The number of carboxylic acids is 1. The van der Waals surface area contributed by atoms with Crippen molar-refractivity contribution in [1.29, 1.82) is 0 Å². The highest BCUT2D eigenvalue weighted by atomic mass is 32.2. The van der Waals surface area contributed by atoms with Crippen LogP contribution in [0.15, 0.2) is 30.0 Å². The molecule has 1 aliphatic heterocycles. The molecule has 0 radical (unpaired) electrons. The molecule has 6 nitrogen and oxygen atoms in total. The van der Waals surface area contributed by atoms with Gasteiger partial charge < -0.3 is 9.84 Å². The second kappa shape index (κ2) is 5.09. The lowest BCUT2D eigenvalue weighted by Gasteiger charge is -2.18. The Balaban J connectivity index is 2.48. The summed E-state index contributed by atoms with van der Waals surface area (Å²) >= 11 is 1.32. The molecule has 0 saturated carbocycles. The fourth-order valence-corrected chi connectivity index (χ4v) is 2.49. The highest BCUT2D eigenvalue weighted by Gasteiger charge is 2.23. The molecule has 0 atom stereocenters. The van der Waals surface area contributed by atoms with Crippen molar-refractivity contribution < 1.29 is 19.6 Å². The van der Waals surface area contributed by atoms with Gasteiger partial charge in [-0.15, -0.1) is 11.8 Å². The summed E-state index contributed by atoms with van der Waals surface area (Å²) in [4.78, 5) is 21.6. The lowest BCUT2D eigenvalue weighted by molar-refractivity contribution is -0.384. The van der Waals surface area contributed by atoms with Gasteiger partial charge in [-0.3, -0.25) is 10.1 Å². The van der Waals surface area contributed by atoms with Gasteiger partial charge in [-0.05, 0) is 5.56 Å². The summed E-state index contributed by atoms with van der Waals surface area (Å²) in [5.41, 5.74) is 0.419. The van der Waals surface area contributed by atoms with Crippen LogP contribution >= 0.6 is 11.8 Å². The zero-order chi connectivity index (χ0) is 13.1. The number of rotatable bonds is 3. The summed E-state index contributed by atoms with van der Waals surface area (Å²) in [6.45, 7) is 0.324. The minimum Gasteiger partial charge on any atom is -0.485 e. The molecule has 0 aliphatic carbocycles. The lowest BCUT2D eigenvalue weighted by atomic mass is 10.1. The lowest BCUT2D eigenvalue weighted by Crippen LogP contribution is -2.13. The van der Waals surface area contributed by atoms with E-state index in [9.17, 15) is 14.9 Å². The van der Waals surface area contributed by atoms with Gasteiger partial charge in [-0.25, -0.2) is 4.79 Å². The summed E-state index contributed by atoms with van der Waals surface area (Å²) in [6.07, 6.45) is 0. The molecule has 1 aromatic rings. The third-order valence-corrected chi connectivity index (χ3v) is 3.38. The summed E-state index contributed by atoms with van der Waals surface area (Å²) < 4.78 is 5.10. The summed E-state index contributed by atoms with van der Waals surface area (Å²) in [5, 5.41) is 19.7. The fourth-order valence-electron chi connectivity index (χ4n) is 1.55. The topological polar surface area (TPSA) is 89.7 Å². The van der Waals surface area contributed by atoms with Crippen LogP contribution in [0.25, 0.3) is 4.91 Å². The van der Waals surface area contributed by atoms with Crippen molar-refractivity contribution in [3.05, 3.63) is 45.7 Å². The molecule has 1 aromatic carbocycles. The maximum Gasteiger partial charge on any atom is 0.372 e. The number of ether oxygens (including phenoxy) is 1. The summed E-state index contributed by atoms with van der Waals surface area (Å²) in [6, 6.07) is 5.86. The average molecular weight is 267 g/mol. The number of hydrogen-bond acceptors (Lipinski definition) is 5. The summed E-state index contributed by atoms with van der Waals surface area (Å²) in [5.74, 6) is -0.690. The number of aliphatic carboxylic acids is 1. The second-order valence-electron chi connectivity index (χ2n) is 3.47. The molecule has 0 bridgehead atoms. The molecule has 0 aromatic heterocycles. The Hall–Kier alpha value is -2.02. The minimum absolute atomic E-state index is 0.0732. The van der Waals surface area contributed by atoms with Crippen LogP contribution in [0.2, 0.25) is 0 Å². The van der Waals surface area contributed by atoms with Crippen molar-refractivity contribution in [3.8, 4) is 0 Å². The largest absolute Gasteiger partial charge is 0.485 e. The van der Waals surface area contributed by atoms with E-state index in [4.69, 9.17) is 9.84 Å². The monoisotopic (exact) mass is 267 g/mol. The number of benzene rings is 1. The molecule has 1 heterocycles. The number of carboxylic acid groups (broad SMARTS) is 1. The van der Waals surface area contributed by atoms with Crippen LogP contribution < -0.4 is 0 Å². The first-order chi connectivity index (χ1) is 8.59. The molecule has 0 amide bonds. The van der Waals surface area contributed by atoms with Crippen molar-refractivity contribution in [2.75, 3.05) is 12.4 Å². The van der Waals surface area contributed by atoms with Crippen molar-refractivity contribution in [2.45, 2.75) is 0 Å². The van der Waals surface area contributed by atoms with Crippen LogP contribution in [-0.4, -0.2) is 28.4 Å². The number of non-ortho nitro benzene ring substituents is 1. The number of nitro groups is 1. The Morgan fingerprint density at radius 1 is 1.50 bits per heavy atom. The van der Waals surface area contributed by atoms with Gasteiger partial charge in [0.15, 0.2) is 0 Å². The first kappa shape index (κ1) is 12.4. The molecular weight excluding hydrogens is 258 g/mol. The predicted octanol–water partition coefficient (Wildman–Crippen LogP) is 2.11. The van der Waals surface area contributed by atoms with E-state index in [-0.39, 0.29) is 11.4 Å². The van der Waals surface area contributed by atoms with Crippen LogP contribution in [0.5, 0.6) is 0 Å². The van der Waals surface area contributed by atoms with Crippen LogP contribution in [0.1, 0.15) is 5.56 Å². The zero-order valence-electron chi connectivity index (χ0n) is 9.16. The van der Waals surface area contributed by atoms with Crippen LogP contribution in [-0.2, 0) is 9.53 Å². The van der Waals surface area contributed by atoms with E-state index in [0.29, 0.717) is 22.8 Å². The molecule has 7 heteroatoms. The molecule has 2 rings (SSSR count). The first-order valence-corrected chi connectivity index (χ1v) is 6.06. The standard InChI is InChI=1S/C11H9NO5S/c13-11(14)9-10(18-5-4-17-9)7-2-1-3-8(6-7)12(15)16/h1-3,6H,4-5H2,(H,13,14). The number of nitrogens with zero attached hydrogens (tertiary/aromatic N) is 1. The molecule has 0 spiro atoms. The molecule has 0 fully saturated rings. The SMILES string of the molecule is O=C(O)C1=C(c2cccc([N+](=O)[O-])c2)SCCO1. The van der Waals surface area contributed by atoms with Gasteiger partial charge >= 0.3 is 5.97 Å². The van der Waals surface area contributed by atoms with Crippen molar-refractivity contribution in [1.82, 2.24) is 0 Å². The van der Waals surface area contributed by atoms with Gasteiger partial charge in [-0.1, -0.05) is 12.1 Å². The Labute approximate surface area is 106 Å². The highest BCUT2D eigenvalue weighted by molar-refractivity contribution is 8.08. The first-order valence-electron chi connectivity index (χ1n) is 5.07. The van der Waals surface area contributed by atoms with E-state index in [1.54, 1.807) is 6.07 Å². The van der Waals surface area contributed by atoms with E-state index in [2.05, 4.69) is 0 Å². The Bertz CT molecular complexity index is 540. The molecule has 1 N–H and O–H groups in total. The molecule has 1 aliphatic rings. The van der Waals surface area contributed by atoms with Crippen molar-refractivity contribution >= 4 is 28.3 Å². The van der Waals surface area contributed by atoms with Gasteiger partial charge in [0.25, 0.3) is 5.69 Å². The molecule has 94 valence electrons. The Morgan fingerprint density at radius 3 is 2.94 bits per heavy atom. The van der Waals surface area contributed by atoms with E-state index >= 15 is 0 Å². The highest BCUT2D eigenvalue weighted by Crippen LogP contribution is 2.35. The number of thioether (sulfide) groups is 1. The predicted molar refractivity (Wildman–Crippen MR) is 66.1 cm³/mol. The molecular formula is C11H9NO5S. The van der Waals surface area contributed by atoms with Gasteiger partial charge in [0.2, 0.25) is 5.76 Å². The molecule has 0 unspecified atom stereocenters. The summed E-state index contributed by atoms with van der Waals surface area (Å²) in [7, 11) is 0. The normalized spacial score (nSPS) is 15.1. The third-order valence-electron chi connectivity index (χ3n) is 2.30. The molecule has 18 heavy (non-hydrogen) atoms. The van der Waals surface area contributed by atoms with E-state index in [1.165, 1.54) is 30.0 Å². The van der Waals surface area contributed by atoms with Crippen molar-refractivity contribution in [2.24, 2.45) is 0 Å². The van der Waals surface area contributed by atoms with Crippen LogP contribution in [0, 0.1) is 10.1 Å². The van der Waals surface area contributed by atoms with Crippen LogP contribution in [0.3, 0.4) is 0 Å². The fraction of sp³-hybridized carbons (Fsp3) is 0.182. The Morgan fingerprint density at radius 2 is 2.28 bits per heavy atom. The maximum atomic E-state index is 11.0. The van der Waals surface area contributed by atoms with Crippen LogP contribution in [0.4, 0.5) is 5.69 Å². The van der Waals surface area contributed by atoms with Gasteiger partial charge in [0, 0.05) is 17.9 Å². The smallest absolute Gasteiger partial charge is 0.372 e. The number of nitro benzene ring substituents is 1. The average Bonchev–Trinajstić information content (AvgIpc) is 2.39. The van der Waals surface area contributed by atoms with E-state index in [0.717, 1.165) is 0 Å². The quantitative estimate of drug-likeness (QED) is 0.666. The number of hydrogen-bond donors (Lipinski definition) is 1. The van der Waals surface area contributed by atoms with Gasteiger partial charge in [-0.2, -0.15) is 0 Å². The van der Waals surface area contributed by atoms with Gasteiger partial charge in [0.05, 0.1) is 16.4 Å². The minimum atomic E-state index is -1.16. The zero-order valence-corrected chi connectivity index (χ0v) is 9.98. The number of carbonyl (C=O) groups is 1. The maximum absolute atomic E-state index is 11.0. The van der Waals surface area contributed by atoms with Gasteiger partial charge in [0.1, 0.15) is 0 Å². The Kier molecular flexibility index (Phi) is 3.52.